The maximum atomic E-state index is 14.0. The molecule has 1 saturated carbocycles. The summed E-state index contributed by atoms with van der Waals surface area (Å²) in [4.78, 5) is 45.0. The van der Waals surface area contributed by atoms with Crippen LogP contribution >= 0.6 is 0 Å². The topological polar surface area (TPSA) is 105 Å². The Bertz CT molecular complexity index is 1430. The highest BCUT2D eigenvalue weighted by Crippen LogP contribution is 2.29. The molecule has 3 N–H and O–H groups in total. The molecule has 4 atom stereocenters. The highest BCUT2D eigenvalue weighted by Gasteiger charge is 2.43. The van der Waals surface area contributed by atoms with Crippen LogP contribution in [0.3, 0.4) is 0 Å². The van der Waals surface area contributed by atoms with Crippen molar-refractivity contribution in [1.29, 1.82) is 0 Å². The van der Waals surface area contributed by atoms with Gasteiger partial charge < -0.3 is 25.6 Å². The van der Waals surface area contributed by atoms with Gasteiger partial charge in [0.05, 0.1) is 13.2 Å². The number of hydrogen-bond acceptors (Lipinski definition) is 5. The number of amides is 3. The maximum absolute atomic E-state index is 14.0. The van der Waals surface area contributed by atoms with E-state index < -0.39 is 17.9 Å². The molecule has 0 spiro atoms. The SMILES string of the molecule is COc1ccc(C(=O)N(CCc2ccccc2)C2CC(C(=O)NCC3CCCC(CN)C3)N(C(=O)c3ccc(F)cc3)C2)cc1. The Hall–Kier alpha value is -4.24. The van der Waals surface area contributed by atoms with Crippen LogP contribution in [0.5, 0.6) is 5.75 Å². The second kappa shape index (κ2) is 15.2. The fourth-order valence-electron chi connectivity index (χ4n) is 6.68. The molecule has 1 heterocycles. The number of nitrogens with two attached hydrogens (primary N) is 1. The summed E-state index contributed by atoms with van der Waals surface area (Å²) >= 11 is 0. The molecule has 8 nitrogen and oxygen atoms in total. The number of rotatable bonds is 11. The lowest BCUT2D eigenvalue weighted by molar-refractivity contribution is -0.125. The fourth-order valence-corrected chi connectivity index (χ4v) is 6.68. The van der Waals surface area contributed by atoms with Gasteiger partial charge in [0.25, 0.3) is 11.8 Å². The predicted molar refractivity (Wildman–Crippen MR) is 171 cm³/mol. The first kappa shape index (κ1) is 32.2. The molecule has 3 aromatic rings. The number of ether oxygens (including phenoxy) is 1. The van der Waals surface area contributed by atoms with E-state index in [2.05, 4.69) is 5.32 Å². The summed E-state index contributed by atoms with van der Waals surface area (Å²) in [7, 11) is 1.57. The highest BCUT2D eigenvalue weighted by atomic mass is 19.1. The lowest BCUT2D eigenvalue weighted by Crippen LogP contribution is -2.47. The Kier molecular flexibility index (Phi) is 10.8. The summed E-state index contributed by atoms with van der Waals surface area (Å²) in [5.74, 6) is 0.237. The van der Waals surface area contributed by atoms with Gasteiger partial charge in [-0.1, -0.05) is 36.8 Å². The minimum absolute atomic E-state index is 0.177. The van der Waals surface area contributed by atoms with Crippen LogP contribution < -0.4 is 15.8 Å². The Morgan fingerprint density at radius 3 is 2.31 bits per heavy atom. The van der Waals surface area contributed by atoms with Gasteiger partial charge in [-0.3, -0.25) is 14.4 Å². The average molecular weight is 615 g/mol. The van der Waals surface area contributed by atoms with E-state index in [0.717, 1.165) is 31.2 Å². The molecule has 238 valence electrons. The van der Waals surface area contributed by atoms with Crippen molar-refractivity contribution in [2.24, 2.45) is 17.6 Å². The third kappa shape index (κ3) is 8.08. The first-order valence-electron chi connectivity index (χ1n) is 15.9. The molecule has 2 aliphatic rings. The molecule has 4 unspecified atom stereocenters. The van der Waals surface area contributed by atoms with Gasteiger partial charge in [-0.15, -0.1) is 0 Å². The number of likely N-dealkylation sites (tertiary alicyclic amines) is 1. The average Bonchev–Trinajstić information content (AvgIpc) is 3.53. The summed E-state index contributed by atoms with van der Waals surface area (Å²) in [5, 5.41) is 3.12. The first-order valence-corrected chi connectivity index (χ1v) is 15.9. The molecule has 1 aliphatic heterocycles. The van der Waals surface area contributed by atoms with E-state index in [1.807, 2.05) is 30.3 Å². The van der Waals surface area contributed by atoms with Gasteiger partial charge in [0.15, 0.2) is 0 Å². The summed E-state index contributed by atoms with van der Waals surface area (Å²) < 4.78 is 19.0. The van der Waals surface area contributed by atoms with Crippen molar-refractivity contribution in [3.05, 3.63) is 101 Å². The van der Waals surface area contributed by atoms with E-state index in [0.29, 0.717) is 61.2 Å². The van der Waals surface area contributed by atoms with E-state index >= 15 is 0 Å². The molecule has 0 aromatic heterocycles. The van der Waals surface area contributed by atoms with Crippen molar-refractivity contribution < 1.29 is 23.5 Å². The minimum atomic E-state index is -0.774. The monoisotopic (exact) mass is 614 g/mol. The smallest absolute Gasteiger partial charge is 0.254 e. The molecule has 3 amide bonds. The van der Waals surface area contributed by atoms with E-state index in [1.165, 1.54) is 24.3 Å². The lowest BCUT2D eigenvalue weighted by atomic mass is 9.81. The Morgan fingerprint density at radius 2 is 1.62 bits per heavy atom. The van der Waals surface area contributed by atoms with Crippen LogP contribution in [0.1, 0.15) is 58.4 Å². The number of carbonyl (C=O) groups is 3. The summed E-state index contributed by atoms with van der Waals surface area (Å²) in [5.41, 5.74) is 7.81. The second-order valence-electron chi connectivity index (χ2n) is 12.2. The van der Waals surface area contributed by atoms with Crippen molar-refractivity contribution in [1.82, 2.24) is 15.1 Å². The minimum Gasteiger partial charge on any atom is -0.497 e. The third-order valence-electron chi connectivity index (χ3n) is 9.25. The quantitative estimate of drug-likeness (QED) is 0.326. The maximum Gasteiger partial charge on any atom is 0.254 e. The normalized spacial score (nSPS) is 21.3. The molecule has 0 bridgehead atoms. The molecular weight excluding hydrogens is 571 g/mol. The summed E-state index contributed by atoms with van der Waals surface area (Å²) in [6.07, 6.45) is 5.13. The predicted octanol–water partition coefficient (Wildman–Crippen LogP) is 4.68. The molecule has 45 heavy (non-hydrogen) atoms. The van der Waals surface area contributed by atoms with E-state index in [4.69, 9.17) is 10.5 Å². The van der Waals surface area contributed by atoms with Crippen LogP contribution in [-0.2, 0) is 11.2 Å². The lowest BCUT2D eigenvalue weighted by Gasteiger charge is -2.29. The van der Waals surface area contributed by atoms with Gasteiger partial charge in [-0.25, -0.2) is 4.39 Å². The standard InChI is InChI=1S/C36H43FN4O4/c1-45-32-16-12-29(13-17-32)35(43)40(19-18-25-6-3-2-4-7-25)31-21-33(34(42)39-23-27-9-5-8-26(20-27)22-38)41(24-31)36(44)28-10-14-30(37)15-11-28/h2-4,6-7,10-17,26-27,31,33H,5,8-9,18-24,38H2,1H3,(H,39,42). The van der Waals surface area contributed by atoms with Crippen molar-refractivity contribution in [3.8, 4) is 5.75 Å². The third-order valence-corrected chi connectivity index (χ3v) is 9.25. The highest BCUT2D eigenvalue weighted by molar-refractivity contribution is 5.99. The van der Waals surface area contributed by atoms with Crippen LogP contribution in [0.4, 0.5) is 4.39 Å². The van der Waals surface area contributed by atoms with Crippen molar-refractivity contribution in [2.75, 3.05) is 33.3 Å². The zero-order chi connectivity index (χ0) is 31.8. The number of carbonyl (C=O) groups excluding carboxylic acids is 3. The fraction of sp³-hybridized carbons (Fsp3) is 0.417. The number of methoxy groups -OCH3 is 1. The van der Waals surface area contributed by atoms with Gasteiger partial charge in [0.2, 0.25) is 5.91 Å². The molecule has 1 saturated heterocycles. The van der Waals surface area contributed by atoms with Crippen LogP contribution in [0, 0.1) is 17.7 Å². The summed E-state index contributed by atoms with van der Waals surface area (Å²) in [6.45, 7) is 1.77. The van der Waals surface area contributed by atoms with Gasteiger partial charge >= 0.3 is 0 Å². The molecule has 9 heteroatoms. The van der Waals surface area contributed by atoms with Crippen LogP contribution in [-0.4, -0.2) is 72.9 Å². The number of hydrogen-bond donors (Lipinski definition) is 2. The molecule has 0 radical (unpaired) electrons. The first-order chi connectivity index (χ1) is 21.9. The summed E-state index contributed by atoms with van der Waals surface area (Å²) in [6, 6.07) is 21.1. The molecule has 2 fully saturated rings. The molecule has 1 aliphatic carbocycles. The van der Waals surface area contributed by atoms with E-state index in [9.17, 15) is 18.8 Å². The number of nitrogens with one attached hydrogen (secondary N) is 1. The van der Waals surface area contributed by atoms with Gasteiger partial charge in [0.1, 0.15) is 17.6 Å². The second-order valence-corrected chi connectivity index (χ2v) is 12.2. The zero-order valence-corrected chi connectivity index (χ0v) is 25.9. The largest absolute Gasteiger partial charge is 0.497 e. The van der Waals surface area contributed by atoms with Crippen LogP contribution in [0.2, 0.25) is 0 Å². The van der Waals surface area contributed by atoms with Gasteiger partial charge in [-0.05, 0) is 105 Å². The van der Waals surface area contributed by atoms with Crippen molar-refractivity contribution in [3.63, 3.8) is 0 Å². The number of halogens is 1. The Labute approximate surface area is 264 Å². The molecule has 5 rings (SSSR count). The van der Waals surface area contributed by atoms with Gasteiger partial charge in [0, 0.05) is 30.8 Å². The van der Waals surface area contributed by atoms with Crippen LogP contribution in [0.15, 0.2) is 78.9 Å². The number of benzene rings is 3. The zero-order valence-electron chi connectivity index (χ0n) is 25.9. The van der Waals surface area contributed by atoms with Crippen LogP contribution in [0.25, 0.3) is 0 Å². The van der Waals surface area contributed by atoms with E-state index in [-0.39, 0.29) is 24.3 Å². The van der Waals surface area contributed by atoms with Crippen molar-refractivity contribution in [2.45, 2.75) is 50.6 Å². The van der Waals surface area contributed by atoms with E-state index in [1.54, 1.807) is 41.2 Å². The Balaban J connectivity index is 1.39. The Morgan fingerprint density at radius 1 is 0.933 bits per heavy atom. The molecular formula is C36H43FN4O4. The van der Waals surface area contributed by atoms with Gasteiger partial charge in [-0.2, -0.15) is 0 Å². The number of nitrogens with zero attached hydrogens (tertiary/aromatic N) is 2. The van der Waals surface area contributed by atoms with Crippen molar-refractivity contribution >= 4 is 17.7 Å². The molecule has 3 aromatic carbocycles.